The molecule has 0 aliphatic rings. The molecule has 0 aliphatic heterocycles. The van der Waals surface area contributed by atoms with E-state index in [0.29, 0.717) is 13.0 Å². The summed E-state index contributed by atoms with van der Waals surface area (Å²) in [6.07, 6.45) is 0.608. The zero-order valence-corrected chi connectivity index (χ0v) is 4.30. The lowest BCUT2D eigenvalue weighted by atomic mass is 10.2. The number of hydrogen-bond donors (Lipinski definition) is 3. The average molecular weight is 104 g/mol. The molecule has 44 valence electrons. The first-order chi connectivity index (χ1) is 3.31. The van der Waals surface area contributed by atoms with E-state index in [9.17, 15) is 0 Å². The second kappa shape index (κ2) is 4.05. The summed E-state index contributed by atoms with van der Waals surface area (Å²) in [5.74, 6) is 0. The zero-order chi connectivity index (χ0) is 5.70. The Hall–Kier alpha value is -0.120. The van der Waals surface area contributed by atoms with Crippen molar-refractivity contribution in [1.29, 1.82) is 0 Å². The minimum Gasteiger partial charge on any atom is -0.396 e. The van der Waals surface area contributed by atoms with Crippen molar-refractivity contribution in [3.8, 4) is 0 Å². The van der Waals surface area contributed by atoms with Crippen molar-refractivity contribution in [2.24, 2.45) is 11.5 Å². The third kappa shape index (κ3) is 3.72. The van der Waals surface area contributed by atoms with E-state index in [1.54, 1.807) is 0 Å². The molecule has 0 aliphatic carbocycles. The molecule has 0 radical (unpaired) electrons. The van der Waals surface area contributed by atoms with Gasteiger partial charge in [0.05, 0.1) is 0 Å². The molecular weight excluding hydrogens is 92.1 g/mol. The van der Waals surface area contributed by atoms with E-state index < -0.39 is 0 Å². The van der Waals surface area contributed by atoms with Crippen LogP contribution >= 0.6 is 0 Å². The Bertz CT molecular complexity index is 40.7. The molecule has 0 fully saturated rings. The minimum atomic E-state index is -0.0231. The molecule has 3 heteroatoms. The summed E-state index contributed by atoms with van der Waals surface area (Å²) in [7, 11) is 0. The van der Waals surface area contributed by atoms with Gasteiger partial charge < -0.3 is 16.6 Å². The lowest BCUT2D eigenvalue weighted by Crippen LogP contribution is -2.30. The quantitative estimate of drug-likeness (QED) is 0.414. The minimum absolute atomic E-state index is 0.0231. The Morgan fingerprint density at radius 3 is 2.29 bits per heavy atom. The SMILES string of the molecule is NCC(N)CCO. The molecule has 0 amide bonds. The van der Waals surface area contributed by atoms with E-state index in [-0.39, 0.29) is 12.6 Å². The van der Waals surface area contributed by atoms with Crippen LogP contribution < -0.4 is 11.5 Å². The van der Waals surface area contributed by atoms with Gasteiger partial charge in [0.25, 0.3) is 0 Å². The smallest absolute Gasteiger partial charge is 0.0446 e. The highest BCUT2D eigenvalue weighted by Gasteiger charge is 1.93. The van der Waals surface area contributed by atoms with Gasteiger partial charge in [-0.05, 0) is 6.42 Å². The van der Waals surface area contributed by atoms with Crippen LogP contribution in [0.25, 0.3) is 0 Å². The molecule has 0 heterocycles. The lowest BCUT2D eigenvalue weighted by Gasteiger charge is -2.02. The fraction of sp³-hybridized carbons (Fsp3) is 1.00. The second-order valence-electron chi connectivity index (χ2n) is 1.51. The molecule has 0 spiro atoms. The number of nitrogens with two attached hydrogens (primary N) is 2. The zero-order valence-electron chi connectivity index (χ0n) is 4.30. The third-order valence-electron chi connectivity index (χ3n) is 0.803. The van der Waals surface area contributed by atoms with E-state index in [1.165, 1.54) is 0 Å². The summed E-state index contributed by atoms with van der Waals surface area (Å²) < 4.78 is 0. The Morgan fingerprint density at radius 2 is 2.14 bits per heavy atom. The molecule has 5 N–H and O–H groups in total. The highest BCUT2D eigenvalue weighted by molar-refractivity contribution is 4.58. The monoisotopic (exact) mass is 104 g/mol. The summed E-state index contributed by atoms with van der Waals surface area (Å²) in [5.41, 5.74) is 10.4. The molecule has 0 bridgehead atoms. The first kappa shape index (κ1) is 6.88. The molecule has 0 aromatic heterocycles. The summed E-state index contributed by atoms with van der Waals surface area (Å²) in [6.45, 7) is 0.596. The Labute approximate surface area is 43.3 Å². The number of aliphatic hydroxyl groups excluding tert-OH is 1. The van der Waals surface area contributed by atoms with Crippen molar-refractivity contribution >= 4 is 0 Å². The van der Waals surface area contributed by atoms with Gasteiger partial charge in [0.15, 0.2) is 0 Å². The molecule has 0 saturated carbocycles. The van der Waals surface area contributed by atoms with Gasteiger partial charge in [-0.15, -0.1) is 0 Å². The average Bonchev–Trinajstić information content (AvgIpc) is 1.68. The van der Waals surface area contributed by atoms with Crippen LogP contribution in [0.2, 0.25) is 0 Å². The second-order valence-corrected chi connectivity index (χ2v) is 1.51. The van der Waals surface area contributed by atoms with Crippen molar-refractivity contribution in [1.82, 2.24) is 0 Å². The van der Waals surface area contributed by atoms with Crippen molar-refractivity contribution in [2.45, 2.75) is 12.5 Å². The van der Waals surface area contributed by atoms with Gasteiger partial charge in [0, 0.05) is 19.2 Å². The predicted molar refractivity (Wildman–Crippen MR) is 28.7 cm³/mol. The fourth-order valence-electron chi connectivity index (χ4n) is 0.284. The van der Waals surface area contributed by atoms with E-state index >= 15 is 0 Å². The van der Waals surface area contributed by atoms with Gasteiger partial charge in [0.2, 0.25) is 0 Å². The molecule has 0 aromatic carbocycles. The first-order valence-corrected chi connectivity index (χ1v) is 2.37. The van der Waals surface area contributed by atoms with Gasteiger partial charge >= 0.3 is 0 Å². The third-order valence-corrected chi connectivity index (χ3v) is 0.803. The van der Waals surface area contributed by atoms with Crippen LogP contribution in [0.5, 0.6) is 0 Å². The molecule has 1 unspecified atom stereocenters. The van der Waals surface area contributed by atoms with Crippen LogP contribution in [0.15, 0.2) is 0 Å². The van der Waals surface area contributed by atoms with Crippen LogP contribution in [0.4, 0.5) is 0 Å². The molecule has 3 nitrogen and oxygen atoms in total. The maximum atomic E-state index is 8.23. The number of aliphatic hydroxyl groups is 1. The topological polar surface area (TPSA) is 72.3 Å². The molecule has 0 rings (SSSR count). The van der Waals surface area contributed by atoms with Crippen molar-refractivity contribution < 1.29 is 5.11 Å². The number of hydrogen-bond acceptors (Lipinski definition) is 3. The summed E-state index contributed by atoms with van der Waals surface area (Å²) in [6, 6.07) is -0.0231. The number of rotatable bonds is 3. The fourth-order valence-corrected chi connectivity index (χ4v) is 0.284. The van der Waals surface area contributed by atoms with Gasteiger partial charge in [-0.25, -0.2) is 0 Å². The van der Waals surface area contributed by atoms with Crippen LogP contribution in [0, 0.1) is 0 Å². The Kier molecular flexibility index (Phi) is 3.98. The van der Waals surface area contributed by atoms with Crippen LogP contribution in [-0.2, 0) is 0 Å². The lowest BCUT2D eigenvalue weighted by molar-refractivity contribution is 0.277. The van der Waals surface area contributed by atoms with E-state index in [2.05, 4.69) is 0 Å². The Balaban J connectivity index is 2.83. The standard InChI is InChI=1S/C4H12N2O/c5-3-4(6)1-2-7/h4,7H,1-3,5-6H2. The van der Waals surface area contributed by atoms with E-state index in [1.807, 2.05) is 0 Å². The first-order valence-electron chi connectivity index (χ1n) is 2.37. The highest BCUT2D eigenvalue weighted by Crippen LogP contribution is 1.79. The largest absolute Gasteiger partial charge is 0.396 e. The normalized spacial score (nSPS) is 14.1. The summed E-state index contributed by atoms with van der Waals surface area (Å²) >= 11 is 0. The summed E-state index contributed by atoms with van der Waals surface area (Å²) in [4.78, 5) is 0. The molecule has 0 aromatic rings. The van der Waals surface area contributed by atoms with Gasteiger partial charge in [-0.3, -0.25) is 0 Å². The molecule has 7 heavy (non-hydrogen) atoms. The van der Waals surface area contributed by atoms with Gasteiger partial charge in [-0.1, -0.05) is 0 Å². The van der Waals surface area contributed by atoms with E-state index in [0.717, 1.165) is 0 Å². The van der Waals surface area contributed by atoms with E-state index in [4.69, 9.17) is 16.6 Å². The maximum Gasteiger partial charge on any atom is 0.0446 e. The van der Waals surface area contributed by atoms with Crippen molar-refractivity contribution in [3.63, 3.8) is 0 Å². The molecular formula is C4H12N2O. The van der Waals surface area contributed by atoms with Crippen molar-refractivity contribution in [3.05, 3.63) is 0 Å². The van der Waals surface area contributed by atoms with Gasteiger partial charge in [-0.2, -0.15) is 0 Å². The van der Waals surface area contributed by atoms with Crippen LogP contribution in [0.3, 0.4) is 0 Å². The summed E-state index contributed by atoms with van der Waals surface area (Å²) in [5, 5.41) is 8.23. The molecule has 1 atom stereocenters. The highest BCUT2D eigenvalue weighted by atomic mass is 16.3. The van der Waals surface area contributed by atoms with Crippen molar-refractivity contribution in [2.75, 3.05) is 13.2 Å². The van der Waals surface area contributed by atoms with Crippen LogP contribution in [-0.4, -0.2) is 24.3 Å². The van der Waals surface area contributed by atoms with Gasteiger partial charge in [0.1, 0.15) is 0 Å². The maximum absolute atomic E-state index is 8.23. The van der Waals surface area contributed by atoms with Crippen LogP contribution in [0.1, 0.15) is 6.42 Å². The Morgan fingerprint density at radius 1 is 1.57 bits per heavy atom. The molecule has 0 saturated heterocycles. The predicted octanol–water partition coefficient (Wildman–Crippen LogP) is -1.35.